The molecule has 0 spiro atoms. The van der Waals surface area contributed by atoms with Gasteiger partial charge >= 0.3 is 23.9 Å². The predicted molar refractivity (Wildman–Crippen MR) is 330 cm³/mol. The van der Waals surface area contributed by atoms with Crippen LogP contribution in [0.5, 0.6) is 5.75 Å². The molecule has 7 amide bonds. The zero-order valence-electron chi connectivity index (χ0n) is 51.1. The number of nitrogens with one attached hydrogen (secondary N) is 7. The number of phenolic OH excluding ortho intramolecular Hbond substituents is 1. The minimum atomic E-state index is -1.04. The number of amides is 7. The number of hydrogen-bond donors (Lipinski definition) is 12. The number of anilines is 1. The number of aliphatic imine (C=N–C) groups is 1. The number of guanidine groups is 1. The summed E-state index contributed by atoms with van der Waals surface area (Å²) in [7, 11) is 0. The number of phenols is 1. The van der Waals surface area contributed by atoms with E-state index in [2.05, 4.69) is 42.2 Å². The summed E-state index contributed by atoms with van der Waals surface area (Å²) >= 11 is 0. The minimum Gasteiger partial charge on any atom is -0.508 e. The fourth-order valence-corrected chi connectivity index (χ4v) is 9.00. The summed E-state index contributed by atoms with van der Waals surface area (Å²) in [5.41, 5.74) is 8.38. The molecule has 3 aromatic carbocycles. The van der Waals surface area contributed by atoms with Gasteiger partial charge in [-0.15, -0.1) is 0 Å². The maximum Gasteiger partial charge on any atom is 0.321 e. The average Bonchev–Trinajstić information content (AvgIpc) is 1.04. The van der Waals surface area contributed by atoms with Gasteiger partial charge in [-0.2, -0.15) is 0 Å². The molecule has 1 saturated heterocycles. The summed E-state index contributed by atoms with van der Waals surface area (Å²) < 4.78 is 22.3. The SMILES string of the molecule is CCC(=O)NCCNC(=O)NC(N)=NCCC[C@@H](NC(=O)[C@@H](c1ccccc1)c1ccc(NC(=O)CCOCCOCCOCCOCCNC(=O)CN2CCN(CC(=O)O)CCN(CC(=O)O)CCN(CC(=O)O)CC2)cc1)C(=O)NCc1ccc(O)cc1. The third-order valence-corrected chi connectivity index (χ3v) is 13.7. The normalized spacial score (nSPS) is 14.6. The molecule has 1 aliphatic heterocycles. The zero-order chi connectivity index (χ0) is 65.3. The Morgan fingerprint density at radius 1 is 0.544 bits per heavy atom. The predicted octanol–water partition coefficient (Wildman–Crippen LogP) is -0.768. The Labute approximate surface area is 523 Å². The van der Waals surface area contributed by atoms with Crippen LogP contribution in [0.2, 0.25) is 0 Å². The van der Waals surface area contributed by atoms with Crippen LogP contribution in [0, 0.1) is 0 Å². The Morgan fingerprint density at radius 3 is 1.57 bits per heavy atom. The van der Waals surface area contributed by atoms with Crippen molar-refractivity contribution in [3.05, 3.63) is 95.6 Å². The second-order valence-corrected chi connectivity index (χ2v) is 20.8. The molecule has 0 saturated carbocycles. The molecule has 1 fully saturated rings. The van der Waals surface area contributed by atoms with Crippen LogP contribution in [0.1, 0.15) is 55.2 Å². The van der Waals surface area contributed by atoms with Crippen molar-refractivity contribution in [2.45, 2.75) is 51.1 Å². The molecule has 3 aromatic rings. The van der Waals surface area contributed by atoms with Crippen LogP contribution in [0.15, 0.2) is 83.9 Å². The molecule has 0 radical (unpaired) electrons. The van der Waals surface area contributed by atoms with E-state index in [1.807, 2.05) is 11.0 Å². The number of urea groups is 1. The van der Waals surface area contributed by atoms with Crippen molar-refractivity contribution in [3.63, 3.8) is 0 Å². The largest absolute Gasteiger partial charge is 0.508 e. The minimum absolute atomic E-state index is 0.00880. The number of aromatic hydroxyl groups is 1. The molecule has 4 rings (SSSR count). The van der Waals surface area contributed by atoms with E-state index >= 15 is 0 Å². The number of nitrogens with zero attached hydrogens (tertiary/aromatic N) is 5. The summed E-state index contributed by atoms with van der Waals surface area (Å²) in [6, 6.07) is 20.5. The van der Waals surface area contributed by atoms with Gasteiger partial charge in [0.2, 0.25) is 29.5 Å². The Kier molecular flexibility index (Phi) is 35.7. The Morgan fingerprint density at radius 2 is 1.03 bits per heavy atom. The van der Waals surface area contributed by atoms with E-state index in [-0.39, 0.29) is 173 Å². The van der Waals surface area contributed by atoms with Gasteiger partial charge in [0.1, 0.15) is 11.8 Å². The van der Waals surface area contributed by atoms with E-state index in [1.165, 1.54) is 12.1 Å². The fourth-order valence-electron chi connectivity index (χ4n) is 9.00. The molecule has 90 heavy (non-hydrogen) atoms. The highest BCUT2D eigenvalue weighted by molar-refractivity contribution is 5.95. The van der Waals surface area contributed by atoms with E-state index < -0.39 is 47.7 Å². The maximum atomic E-state index is 14.3. The number of carboxylic acids is 3. The Hall–Kier alpha value is -8.36. The van der Waals surface area contributed by atoms with Crippen LogP contribution in [-0.4, -0.2) is 263 Å². The van der Waals surface area contributed by atoms with E-state index in [9.17, 15) is 63.6 Å². The molecule has 496 valence electrons. The van der Waals surface area contributed by atoms with E-state index in [0.29, 0.717) is 62.6 Å². The van der Waals surface area contributed by atoms with Crippen LogP contribution in [0.3, 0.4) is 0 Å². The number of benzene rings is 3. The third kappa shape index (κ3) is 32.7. The number of carboxylic acid groups (broad SMARTS) is 3. The third-order valence-electron chi connectivity index (χ3n) is 13.7. The van der Waals surface area contributed by atoms with Crippen LogP contribution >= 0.6 is 0 Å². The topological polar surface area (TPSA) is 407 Å². The van der Waals surface area contributed by atoms with Gasteiger partial charge in [-0.25, -0.2) is 4.79 Å². The smallest absolute Gasteiger partial charge is 0.321 e. The molecule has 0 unspecified atom stereocenters. The molecule has 1 aliphatic rings. The van der Waals surface area contributed by atoms with Crippen LogP contribution in [-0.2, 0) is 63.8 Å². The number of ether oxygens (including phenoxy) is 4. The first-order chi connectivity index (χ1) is 43.4. The van der Waals surface area contributed by atoms with Gasteiger partial charge in [0.05, 0.1) is 91.4 Å². The van der Waals surface area contributed by atoms with Crippen LogP contribution in [0.4, 0.5) is 10.5 Å². The number of nitrogens with two attached hydrogens (primary N) is 1. The summed E-state index contributed by atoms with van der Waals surface area (Å²) in [6.07, 6.45) is 0.816. The number of carbonyl (C=O) groups is 9. The number of rotatable bonds is 39. The monoisotopic (exact) mass is 1260 g/mol. The van der Waals surface area contributed by atoms with Gasteiger partial charge in [0, 0.05) is 97.2 Å². The van der Waals surface area contributed by atoms with Gasteiger partial charge in [-0.05, 0) is 53.8 Å². The van der Waals surface area contributed by atoms with Crippen molar-refractivity contribution in [2.24, 2.45) is 10.7 Å². The van der Waals surface area contributed by atoms with Gasteiger partial charge < -0.3 is 77.0 Å². The molecule has 30 heteroatoms. The Balaban J connectivity index is 1.13. The maximum absolute atomic E-state index is 14.3. The lowest BCUT2D eigenvalue weighted by molar-refractivity contribution is -0.140. The Bertz CT molecular complexity index is 2680. The molecule has 1 heterocycles. The average molecular weight is 1260 g/mol. The van der Waals surface area contributed by atoms with Gasteiger partial charge in [-0.1, -0.05) is 61.5 Å². The summed E-state index contributed by atoms with van der Waals surface area (Å²) in [5.74, 6) is -5.71. The first kappa shape index (κ1) is 74.1. The van der Waals surface area contributed by atoms with Crippen LogP contribution < -0.4 is 43.0 Å². The second kappa shape index (κ2) is 43.3. The van der Waals surface area contributed by atoms with Crippen LogP contribution in [0.25, 0.3) is 0 Å². The molecule has 0 bridgehead atoms. The highest BCUT2D eigenvalue weighted by atomic mass is 16.6. The molecule has 2 atom stereocenters. The second-order valence-electron chi connectivity index (χ2n) is 20.8. The van der Waals surface area contributed by atoms with Crippen molar-refractivity contribution < 1.29 is 82.5 Å². The van der Waals surface area contributed by atoms with Gasteiger partial charge in [-0.3, -0.25) is 68.3 Å². The highest BCUT2D eigenvalue weighted by Gasteiger charge is 2.29. The summed E-state index contributed by atoms with van der Waals surface area (Å²) in [6.45, 7) is 6.12. The van der Waals surface area contributed by atoms with Crippen molar-refractivity contribution in [2.75, 3.05) is 163 Å². The lowest BCUT2D eigenvalue weighted by atomic mass is 9.90. The molecule has 13 N–H and O–H groups in total. The summed E-state index contributed by atoms with van der Waals surface area (Å²) in [5, 5.41) is 57.1. The van der Waals surface area contributed by atoms with Crippen molar-refractivity contribution in [1.29, 1.82) is 0 Å². The van der Waals surface area contributed by atoms with Crippen molar-refractivity contribution in [3.8, 4) is 5.75 Å². The van der Waals surface area contributed by atoms with E-state index in [1.54, 1.807) is 82.3 Å². The molecule has 0 aromatic heterocycles. The lowest BCUT2D eigenvalue weighted by Crippen LogP contribution is -2.50. The number of hydrogen-bond acceptors (Lipinski definition) is 19. The van der Waals surface area contributed by atoms with E-state index in [4.69, 9.17) is 24.7 Å². The van der Waals surface area contributed by atoms with Crippen molar-refractivity contribution >= 4 is 65.1 Å². The fraction of sp³-hybridized carbons (Fsp3) is 0.533. The molecular weight excluding hydrogens is 1170 g/mol. The summed E-state index contributed by atoms with van der Waals surface area (Å²) in [4.78, 5) is 123. The molecular formula is C60H89N13O17. The highest BCUT2D eigenvalue weighted by Crippen LogP contribution is 2.27. The lowest BCUT2D eigenvalue weighted by Gasteiger charge is -2.32. The van der Waals surface area contributed by atoms with Gasteiger partial charge in [0.15, 0.2) is 5.96 Å². The first-order valence-electron chi connectivity index (χ1n) is 29.9. The van der Waals surface area contributed by atoms with E-state index in [0.717, 1.165) is 5.56 Å². The quantitative estimate of drug-likeness (QED) is 0.0190. The molecule has 30 nitrogen and oxygen atoms in total. The van der Waals surface area contributed by atoms with Gasteiger partial charge in [0.25, 0.3) is 0 Å². The number of carbonyl (C=O) groups excluding carboxylic acids is 6. The molecule has 0 aliphatic carbocycles. The van der Waals surface area contributed by atoms with Crippen molar-refractivity contribution in [1.82, 2.24) is 51.5 Å². The number of aliphatic carboxylic acids is 3. The standard InChI is InChI=1S/C60H89N13O17/c1-2-50(75)62-20-21-65-60(86)69-59(61)64-19-6-9-49(57(84)66-39-44-10-16-48(74)17-11-44)68-58(85)56(45-7-4-3-5-8-45)46-12-14-47(15-13-46)67-51(76)18-31-87-33-35-89-37-38-90-36-34-88-32-22-63-52(77)40-70-23-25-71(41-53(78)79)27-29-73(43-55(82)83)30-28-72(26-24-70)42-54(80)81/h3-5,7-8,10-17,49,56,74H,2,6,9,18-43H2,1H3,(H,62,75)(H,63,77)(H,66,84)(H,67,76)(H,68,85)(H,78,79)(H,80,81)(H,82,83)(H4,61,64,65,69,86)/t49-,56+/m1/s1. The zero-order valence-corrected chi connectivity index (χ0v) is 51.1. The first-order valence-corrected chi connectivity index (χ1v) is 29.9.